The molecule has 2 aliphatic rings. The second kappa shape index (κ2) is 11.1. The highest BCUT2D eigenvalue weighted by atomic mass is 127. The fraction of sp³-hybridized carbons (Fsp3) is 0.250. The summed E-state index contributed by atoms with van der Waals surface area (Å²) in [5, 5.41) is 15.5. The second-order valence-electron chi connectivity index (χ2n) is 7.25. The SMILES string of the molecule is CCC1=NN2C(=N)/C(=C/c3cc(I)c(OCCOc4ccccc4OC)c(OC)c3)C(=O)N=C2S1. The highest BCUT2D eigenvalue weighted by Gasteiger charge is 2.35. The summed E-state index contributed by atoms with van der Waals surface area (Å²) < 4.78 is 23.3. The summed E-state index contributed by atoms with van der Waals surface area (Å²) >= 11 is 3.46. The fourth-order valence-electron chi connectivity index (χ4n) is 3.34. The van der Waals surface area contributed by atoms with Gasteiger partial charge in [-0.1, -0.05) is 19.1 Å². The van der Waals surface area contributed by atoms with E-state index in [4.69, 9.17) is 24.4 Å². The molecule has 0 aromatic heterocycles. The topological polar surface area (TPSA) is 106 Å². The van der Waals surface area contributed by atoms with E-state index in [1.165, 1.54) is 16.8 Å². The Hall–Kier alpha value is -3.06. The molecule has 0 atom stereocenters. The molecule has 35 heavy (non-hydrogen) atoms. The van der Waals surface area contributed by atoms with E-state index in [1.54, 1.807) is 26.4 Å². The predicted molar refractivity (Wildman–Crippen MR) is 145 cm³/mol. The van der Waals surface area contributed by atoms with Crippen molar-refractivity contribution >= 4 is 62.4 Å². The molecular weight excluding hydrogens is 583 g/mol. The average Bonchev–Trinajstić information content (AvgIpc) is 3.28. The van der Waals surface area contributed by atoms with Crippen LogP contribution in [0, 0.1) is 8.98 Å². The zero-order chi connectivity index (χ0) is 24.9. The lowest BCUT2D eigenvalue weighted by Gasteiger charge is -2.20. The number of amidine groups is 2. The Bertz CT molecular complexity index is 1260. The number of amides is 1. The lowest BCUT2D eigenvalue weighted by molar-refractivity contribution is -0.114. The van der Waals surface area contributed by atoms with Crippen LogP contribution < -0.4 is 18.9 Å². The fourth-order valence-corrected chi connectivity index (χ4v) is 4.94. The minimum atomic E-state index is -0.468. The van der Waals surface area contributed by atoms with E-state index in [-0.39, 0.29) is 18.0 Å². The lowest BCUT2D eigenvalue weighted by atomic mass is 10.1. The van der Waals surface area contributed by atoms with Gasteiger partial charge in [0.15, 0.2) is 28.8 Å². The largest absolute Gasteiger partial charge is 0.493 e. The van der Waals surface area contributed by atoms with Gasteiger partial charge in [-0.2, -0.15) is 15.1 Å². The summed E-state index contributed by atoms with van der Waals surface area (Å²) in [7, 11) is 3.14. The summed E-state index contributed by atoms with van der Waals surface area (Å²) in [4.78, 5) is 16.7. The van der Waals surface area contributed by atoms with Gasteiger partial charge in [-0.15, -0.1) is 0 Å². The molecule has 0 fully saturated rings. The van der Waals surface area contributed by atoms with Crippen molar-refractivity contribution in [3.63, 3.8) is 0 Å². The van der Waals surface area contributed by atoms with E-state index >= 15 is 0 Å². The van der Waals surface area contributed by atoms with Crippen molar-refractivity contribution < 1.29 is 23.7 Å². The van der Waals surface area contributed by atoms with Gasteiger partial charge >= 0.3 is 0 Å². The van der Waals surface area contributed by atoms with Gasteiger partial charge in [-0.05, 0) is 76.7 Å². The minimum Gasteiger partial charge on any atom is -0.493 e. The quantitative estimate of drug-likeness (QED) is 0.249. The summed E-state index contributed by atoms with van der Waals surface area (Å²) in [5.41, 5.74) is 0.842. The number of benzene rings is 2. The van der Waals surface area contributed by atoms with Crippen LogP contribution in [0.2, 0.25) is 0 Å². The van der Waals surface area contributed by atoms with Gasteiger partial charge in [0.1, 0.15) is 18.3 Å². The van der Waals surface area contributed by atoms with Crippen molar-refractivity contribution in [3.8, 4) is 23.0 Å². The molecule has 1 amide bonds. The van der Waals surface area contributed by atoms with Crippen LogP contribution in [0.4, 0.5) is 0 Å². The summed E-state index contributed by atoms with van der Waals surface area (Å²) in [5.74, 6) is 1.89. The van der Waals surface area contributed by atoms with Crippen LogP contribution in [0.1, 0.15) is 18.9 Å². The smallest absolute Gasteiger partial charge is 0.283 e. The summed E-state index contributed by atoms with van der Waals surface area (Å²) in [6.07, 6.45) is 2.33. The van der Waals surface area contributed by atoms with Gasteiger partial charge in [0.2, 0.25) is 5.17 Å². The van der Waals surface area contributed by atoms with Gasteiger partial charge in [-0.25, -0.2) is 0 Å². The number of carbonyl (C=O) groups is 1. The molecule has 182 valence electrons. The van der Waals surface area contributed by atoms with Crippen LogP contribution in [-0.2, 0) is 4.79 Å². The molecule has 1 N–H and O–H groups in total. The number of ether oxygens (including phenoxy) is 4. The molecule has 0 aliphatic carbocycles. The summed E-state index contributed by atoms with van der Waals surface area (Å²) in [6.45, 7) is 2.57. The number of methoxy groups -OCH3 is 2. The third kappa shape index (κ3) is 5.45. The molecule has 2 aromatic carbocycles. The van der Waals surface area contributed by atoms with Crippen LogP contribution in [0.15, 0.2) is 52.1 Å². The number of fused-ring (bicyclic) bond motifs is 1. The number of aliphatic imine (C=N–C) groups is 1. The number of thioether (sulfide) groups is 1. The zero-order valence-electron chi connectivity index (χ0n) is 19.3. The number of nitrogens with one attached hydrogen (secondary N) is 1. The van der Waals surface area contributed by atoms with Gasteiger partial charge in [0.25, 0.3) is 5.91 Å². The number of nitrogens with zero attached hydrogens (tertiary/aromatic N) is 3. The van der Waals surface area contributed by atoms with E-state index in [1.807, 2.05) is 37.3 Å². The van der Waals surface area contributed by atoms with Crippen molar-refractivity contribution in [1.29, 1.82) is 5.41 Å². The monoisotopic (exact) mass is 606 g/mol. The number of rotatable bonds is 9. The standard InChI is InChI=1S/C24H23IN4O5S/c1-4-20-28-29-22(26)15(23(30)27-24(29)35-20)11-14-12-16(25)21(19(13-14)32-3)34-10-9-33-18-8-6-5-7-17(18)31-2/h5-8,11-13,26H,4,9-10H2,1-3H3/b15-11-,26-22?. The number of para-hydroxylation sites is 2. The van der Waals surface area contributed by atoms with E-state index in [2.05, 4.69) is 32.7 Å². The Balaban J connectivity index is 1.49. The van der Waals surface area contributed by atoms with E-state index in [0.717, 1.165) is 8.61 Å². The number of hydrazone groups is 1. The first-order chi connectivity index (χ1) is 16.9. The molecule has 11 heteroatoms. The number of carbonyl (C=O) groups excluding carboxylic acids is 1. The number of halogens is 1. The van der Waals surface area contributed by atoms with Crippen LogP contribution in [-0.4, -0.2) is 54.4 Å². The second-order valence-corrected chi connectivity index (χ2v) is 9.45. The van der Waals surface area contributed by atoms with E-state index < -0.39 is 5.91 Å². The molecule has 0 unspecified atom stereocenters. The van der Waals surface area contributed by atoms with Gasteiger partial charge < -0.3 is 18.9 Å². The van der Waals surface area contributed by atoms with Crippen LogP contribution in [0.5, 0.6) is 23.0 Å². The van der Waals surface area contributed by atoms with Crippen LogP contribution >= 0.6 is 34.4 Å². The normalized spacial score (nSPS) is 16.1. The number of hydrogen-bond acceptors (Lipinski definition) is 8. The number of hydrogen-bond donors (Lipinski definition) is 1. The Morgan fingerprint density at radius 3 is 2.51 bits per heavy atom. The Kier molecular flexibility index (Phi) is 7.96. The van der Waals surface area contributed by atoms with E-state index in [9.17, 15) is 4.79 Å². The van der Waals surface area contributed by atoms with Gasteiger partial charge in [-0.3, -0.25) is 10.2 Å². The van der Waals surface area contributed by atoms with Crippen molar-refractivity contribution in [3.05, 3.63) is 51.1 Å². The highest BCUT2D eigenvalue weighted by Crippen LogP contribution is 2.36. The zero-order valence-corrected chi connectivity index (χ0v) is 22.3. The van der Waals surface area contributed by atoms with Crippen molar-refractivity contribution in [2.45, 2.75) is 13.3 Å². The van der Waals surface area contributed by atoms with E-state index in [0.29, 0.717) is 46.8 Å². The maximum absolute atomic E-state index is 12.6. The van der Waals surface area contributed by atoms with Crippen molar-refractivity contribution in [2.75, 3.05) is 27.4 Å². The molecule has 2 heterocycles. The first-order valence-electron chi connectivity index (χ1n) is 10.7. The highest BCUT2D eigenvalue weighted by molar-refractivity contribution is 14.1. The Morgan fingerprint density at radius 1 is 1.09 bits per heavy atom. The van der Waals surface area contributed by atoms with Crippen LogP contribution in [0.3, 0.4) is 0 Å². The maximum Gasteiger partial charge on any atom is 0.283 e. The molecule has 9 nitrogen and oxygen atoms in total. The molecule has 4 rings (SSSR count). The molecular formula is C24H23IN4O5S. The Labute approximate surface area is 220 Å². The predicted octanol–water partition coefficient (Wildman–Crippen LogP) is 4.80. The van der Waals surface area contributed by atoms with Crippen LogP contribution in [0.25, 0.3) is 6.08 Å². The molecule has 0 radical (unpaired) electrons. The Morgan fingerprint density at radius 2 is 1.80 bits per heavy atom. The first kappa shape index (κ1) is 25.0. The molecule has 2 aliphatic heterocycles. The maximum atomic E-state index is 12.6. The average molecular weight is 606 g/mol. The first-order valence-corrected chi connectivity index (χ1v) is 12.6. The van der Waals surface area contributed by atoms with Crippen molar-refractivity contribution in [2.24, 2.45) is 10.1 Å². The third-order valence-electron chi connectivity index (χ3n) is 5.02. The minimum absolute atomic E-state index is 0.00117. The third-order valence-corrected chi connectivity index (χ3v) is 6.87. The molecule has 0 spiro atoms. The molecule has 0 bridgehead atoms. The van der Waals surface area contributed by atoms with Crippen molar-refractivity contribution in [1.82, 2.24) is 5.01 Å². The molecule has 0 saturated carbocycles. The molecule has 2 aromatic rings. The van der Waals surface area contributed by atoms with Gasteiger partial charge in [0, 0.05) is 0 Å². The summed E-state index contributed by atoms with van der Waals surface area (Å²) in [6, 6.07) is 11.0. The molecule has 0 saturated heterocycles. The lowest BCUT2D eigenvalue weighted by Crippen LogP contribution is -2.35. The van der Waals surface area contributed by atoms with Gasteiger partial charge in [0.05, 0.1) is 23.4 Å².